The van der Waals surface area contributed by atoms with E-state index in [1.54, 1.807) is 29.5 Å². The Morgan fingerprint density at radius 2 is 1.97 bits per heavy atom. The van der Waals surface area contributed by atoms with E-state index >= 15 is 0 Å². The van der Waals surface area contributed by atoms with Gasteiger partial charge >= 0.3 is 0 Å². The van der Waals surface area contributed by atoms with E-state index in [-0.39, 0.29) is 11.6 Å². The zero-order valence-corrected chi connectivity index (χ0v) is 17.8. The fraction of sp³-hybridized carbons (Fsp3) is 0.273. The van der Waals surface area contributed by atoms with Crippen LogP contribution in [0.15, 0.2) is 54.6 Å². The number of para-hydroxylation sites is 1. The molecule has 4 rings (SSSR count). The second-order valence-electron chi connectivity index (χ2n) is 7.27. The van der Waals surface area contributed by atoms with E-state index in [1.165, 1.54) is 22.9 Å². The van der Waals surface area contributed by atoms with E-state index < -0.39 is 4.92 Å². The van der Waals surface area contributed by atoms with Crippen molar-refractivity contribution in [2.24, 2.45) is 0 Å². The Labute approximate surface area is 184 Å². The van der Waals surface area contributed by atoms with E-state index in [0.29, 0.717) is 12.1 Å². The monoisotopic (exact) mass is 437 g/mol. The second-order valence-corrected chi connectivity index (χ2v) is 8.28. The molecule has 1 aliphatic heterocycles. The highest BCUT2D eigenvalue weighted by Gasteiger charge is 2.19. The zero-order chi connectivity index (χ0) is 21.6. The summed E-state index contributed by atoms with van der Waals surface area (Å²) < 4.78 is 1.21. The summed E-state index contributed by atoms with van der Waals surface area (Å²) in [6.07, 6.45) is 2.99. The first kappa shape index (κ1) is 21.0. The van der Waals surface area contributed by atoms with Crippen molar-refractivity contribution in [2.45, 2.75) is 0 Å². The number of anilines is 1. The van der Waals surface area contributed by atoms with Gasteiger partial charge in [-0.3, -0.25) is 19.8 Å². The largest absolute Gasteiger partial charge is 0.351 e. The van der Waals surface area contributed by atoms with Gasteiger partial charge in [0.2, 0.25) is 5.91 Å². The van der Waals surface area contributed by atoms with Gasteiger partial charge in [-0.25, -0.2) is 4.98 Å². The minimum absolute atomic E-state index is 0.00699. The minimum atomic E-state index is -0.450. The molecule has 0 spiro atoms. The Hall–Kier alpha value is -3.30. The van der Waals surface area contributed by atoms with Crippen molar-refractivity contribution < 1.29 is 9.72 Å². The highest BCUT2D eigenvalue weighted by Crippen LogP contribution is 2.29. The molecule has 1 aliphatic rings. The Balaban J connectivity index is 1.20. The molecule has 0 bridgehead atoms. The fourth-order valence-corrected chi connectivity index (χ4v) is 4.49. The predicted octanol–water partition coefficient (Wildman–Crippen LogP) is 3.16. The van der Waals surface area contributed by atoms with Gasteiger partial charge in [0, 0.05) is 57.5 Å². The normalized spacial score (nSPS) is 14.9. The molecular weight excluding hydrogens is 414 g/mol. The van der Waals surface area contributed by atoms with Crippen LogP contribution in [0.1, 0.15) is 5.56 Å². The molecule has 0 atom stereocenters. The summed E-state index contributed by atoms with van der Waals surface area (Å²) in [6, 6.07) is 14.4. The summed E-state index contributed by atoms with van der Waals surface area (Å²) in [4.78, 5) is 31.8. The van der Waals surface area contributed by atoms with Crippen molar-refractivity contribution in [3.05, 3.63) is 70.3 Å². The minimum Gasteiger partial charge on any atom is -0.351 e. The van der Waals surface area contributed by atoms with Crippen molar-refractivity contribution in [2.75, 3.05) is 44.2 Å². The number of carbonyl (C=O) groups is 1. The molecule has 1 N–H and O–H groups in total. The molecule has 2 heterocycles. The van der Waals surface area contributed by atoms with Gasteiger partial charge in [-0.2, -0.15) is 0 Å². The molecule has 1 aromatic heterocycles. The first-order valence-electron chi connectivity index (χ1n) is 10.1. The Morgan fingerprint density at radius 1 is 1.16 bits per heavy atom. The first-order valence-corrected chi connectivity index (χ1v) is 10.9. The number of rotatable bonds is 7. The van der Waals surface area contributed by atoms with Crippen molar-refractivity contribution in [3.8, 4) is 0 Å². The molecule has 9 heteroatoms. The molecule has 3 aromatic rings. The van der Waals surface area contributed by atoms with Crippen molar-refractivity contribution >= 4 is 44.4 Å². The van der Waals surface area contributed by atoms with Gasteiger partial charge in [0.1, 0.15) is 0 Å². The number of fused-ring (bicyclic) bond motifs is 1. The van der Waals surface area contributed by atoms with E-state index in [9.17, 15) is 14.9 Å². The van der Waals surface area contributed by atoms with Crippen LogP contribution in [0.3, 0.4) is 0 Å². The number of amides is 1. The molecule has 0 radical (unpaired) electrons. The van der Waals surface area contributed by atoms with Crippen LogP contribution in [-0.4, -0.2) is 60.0 Å². The molecule has 1 fully saturated rings. The number of piperazine rings is 1. The molecule has 0 saturated carbocycles. The number of hydrogen-bond acceptors (Lipinski definition) is 7. The third-order valence-corrected chi connectivity index (χ3v) is 6.26. The van der Waals surface area contributed by atoms with E-state index in [4.69, 9.17) is 4.98 Å². The highest BCUT2D eigenvalue weighted by molar-refractivity contribution is 7.22. The van der Waals surface area contributed by atoms with Crippen molar-refractivity contribution in [3.63, 3.8) is 0 Å². The number of nitro groups is 1. The van der Waals surface area contributed by atoms with Gasteiger partial charge < -0.3 is 10.2 Å². The number of carbonyl (C=O) groups excluding carboxylic acids is 1. The zero-order valence-electron chi connectivity index (χ0n) is 16.9. The maximum absolute atomic E-state index is 12.0. The summed E-state index contributed by atoms with van der Waals surface area (Å²) in [6.45, 7) is 5.02. The van der Waals surface area contributed by atoms with Crippen LogP contribution in [0.25, 0.3) is 16.3 Å². The predicted molar refractivity (Wildman–Crippen MR) is 123 cm³/mol. The standard InChI is InChI=1S/C22H23N5O3S/c28-21(9-8-17-4-3-5-18(16-17)27(29)30)23-10-11-25-12-14-26(15-13-25)22-24-19-6-1-2-7-20(19)31-22/h1-9,16H,10-15H2,(H,23,28)/b9-8+. The molecule has 31 heavy (non-hydrogen) atoms. The smallest absolute Gasteiger partial charge is 0.270 e. The first-order chi connectivity index (χ1) is 15.1. The third kappa shape index (κ3) is 5.44. The molecule has 2 aromatic carbocycles. The van der Waals surface area contributed by atoms with Gasteiger partial charge in [0.05, 0.1) is 15.1 Å². The molecule has 1 amide bonds. The Kier molecular flexibility index (Phi) is 6.54. The number of nitro benzene ring substituents is 1. The van der Waals surface area contributed by atoms with Crippen LogP contribution in [0.5, 0.6) is 0 Å². The molecule has 0 aliphatic carbocycles. The van der Waals surface area contributed by atoms with Crippen LogP contribution in [0, 0.1) is 10.1 Å². The van der Waals surface area contributed by atoms with Crippen molar-refractivity contribution in [1.29, 1.82) is 0 Å². The molecule has 0 unspecified atom stereocenters. The van der Waals surface area contributed by atoms with Crippen LogP contribution >= 0.6 is 11.3 Å². The number of hydrogen-bond donors (Lipinski definition) is 1. The fourth-order valence-electron chi connectivity index (χ4n) is 3.47. The van der Waals surface area contributed by atoms with Gasteiger partial charge in [-0.1, -0.05) is 35.6 Å². The molecule has 1 saturated heterocycles. The molecule has 8 nitrogen and oxygen atoms in total. The Bertz CT molecular complexity index is 1070. The van der Waals surface area contributed by atoms with Gasteiger partial charge in [0.25, 0.3) is 5.69 Å². The van der Waals surface area contributed by atoms with E-state index in [0.717, 1.165) is 43.4 Å². The van der Waals surface area contributed by atoms with Crippen LogP contribution in [-0.2, 0) is 4.79 Å². The molecular formula is C22H23N5O3S. The lowest BCUT2D eigenvalue weighted by atomic mass is 10.2. The summed E-state index contributed by atoms with van der Waals surface area (Å²) in [5, 5.41) is 14.8. The number of thiazole rings is 1. The van der Waals surface area contributed by atoms with Crippen LogP contribution in [0.4, 0.5) is 10.8 Å². The van der Waals surface area contributed by atoms with Crippen molar-refractivity contribution in [1.82, 2.24) is 15.2 Å². The molecule has 160 valence electrons. The van der Waals surface area contributed by atoms with Crippen LogP contribution in [0.2, 0.25) is 0 Å². The lowest BCUT2D eigenvalue weighted by Crippen LogP contribution is -2.48. The number of nitrogens with zero attached hydrogens (tertiary/aromatic N) is 4. The number of aromatic nitrogens is 1. The Morgan fingerprint density at radius 3 is 2.74 bits per heavy atom. The lowest BCUT2D eigenvalue weighted by Gasteiger charge is -2.34. The average Bonchev–Trinajstić information content (AvgIpc) is 3.23. The topological polar surface area (TPSA) is 91.6 Å². The third-order valence-electron chi connectivity index (χ3n) is 5.16. The maximum Gasteiger partial charge on any atom is 0.270 e. The average molecular weight is 438 g/mol. The lowest BCUT2D eigenvalue weighted by molar-refractivity contribution is -0.384. The van der Waals surface area contributed by atoms with E-state index in [1.807, 2.05) is 18.2 Å². The number of benzene rings is 2. The van der Waals surface area contributed by atoms with Gasteiger partial charge in [0.15, 0.2) is 5.13 Å². The summed E-state index contributed by atoms with van der Waals surface area (Å²) in [7, 11) is 0. The van der Waals surface area contributed by atoms with E-state index in [2.05, 4.69) is 21.2 Å². The summed E-state index contributed by atoms with van der Waals surface area (Å²) in [5.74, 6) is -0.209. The summed E-state index contributed by atoms with van der Waals surface area (Å²) >= 11 is 1.73. The van der Waals surface area contributed by atoms with Gasteiger partial charge in [-0.15, -0.1) is 0 Å². The second kappa shape index (κ2) is 9.67. The quantitative estimate of drug-likeness (QED) is 0.347. The number of non-ortho nitro benzene ring substituents is 1. The highest BCUT2D eigenvalue weighted by atomic mass is 32.1. The van der Waals surface area contributed by atoms with Gasteiger partial charge in [-0.05, 0) is 23.8 Å². The SMILES string of the molecule is O=C(/C=C/c1cccc([N+](=O)[O-])c1)NCCN1CCN(c2nc3ccccc3s2)CC1. The van der Waals surface area contributed by atoms with Crippen LogP contribution < -0.4 is 10.2 Å². The summed E-state index contributed by atoms with van der Waals surface area (Å²) in [5.41, 5.74) is 1.67. The number of nitrogens with one attached hydrogen (secondary N) is 1. The maximum atomic E-state index is 12.0.